The first-order valence-corrected chi connectivity index (χ1v) is 6.14. The zero-order chi connectivity index (χ0) is 13.5. The van der Waals surface area contributed by atoms with Crippen molar-refractivity contribution in [3.63, 3.8) is 0 Å². The van der Waals surface area contributed by atoms with E-state index in [0.717, 1.165) is 6.42 Å². The molecule has 1 saturated heterocycles. The molecule has 1 heterocycles. The summed E-state index contributed by atoms with van der Waals surface area (Å²) in [5, 5.41) is 9.09. The highest BCUT2D eigenvalue weighted by Gasteiger charge is 2.39. The third kappa shape index (κ3) is 3.96. The van der Waals surface area contributed by atoms with Crippen LogP contribution >= 0.6 is 0 Å². The lowest BCUT2D eigenvalue weighted by molar-refractivity contribution is -0.148. The van der Waals surface area contributed by atoms with Gasteiger partial charge < -0.3 is 19.5 Å². The Morgan fingerprint density at radius 1 is 1.33 bits per heavy atom. The fraction of sp³-hybridized carbons (Fsp3) is 0.833. The van der Waals surface area contributed by atoms with Crippen molar-refractivity contribution >= 4 is 11.9 Å². The number of carbonyl (C=O) groups is 2. The maximum absolute atomic E-state index is 12.0. The molecule has 2 unspecified atom stereocenters. The van der Waals surface area contributed by atoms with Gasteiger partial charge in [-0.2, -0.15) is 0 Å². The smallest absolute Gasteiger partial charge is 0.326 e. The van der Waals surface area contributed by atoms with Crippen molar-refractivity contribution in [2.45, 2.75) is 37.8 Å². The number of carboxylic acid groups (broad SMARTS) is 1. The van der Waals surface area contributed by atoms with Gasteiger partial charge in [-0.05, 0) is 12.8 Å². The average molecular weight is 259 g/mol. The predicted molar refractivity (Wildman–Crippen MR) is 64.3 cm³/mol. The summed E-state index contributed by atoms with van der Waals surface area (Å²) in [4.78, 5) is 24.5. The van der Waals surface area contributed by atoms with Gasteiger partial charge in [-0.25, -0.2) is 4.79 Å². The summed E-state index contributed by atoms with van der Waals surface area (Å²) in [6.07, 6.45) is 2.09. The summed E-state index contributed by atoms with van der Waals surface area (Å²) in [5.41, 5.74) is 0. The van der Waals surface area contributed by atoms with E-state index < -0.39 is 12.0 Å². The number of hydrogen-bond donors (Lipinski definition) is 1. The molecule has 6 nitrogen and oxygen atoms in total. The van der Waals surface area contributed by atoms with Gasteiger partial charge in [0.05, 0.1) is 6.10 Å². The fourth-order valence-corrected chi connectivity index (χ4v) is 2.14. The zero-order valence-corrected chi connectivity index (χ0v) is 10.9. The van der Waals surface area contributed by atoms with Crippen LogP contribution in [0.5, 0.6) is 0 Å². The van der Waals surface area contributed by atoms with Crippen LogP contribution in [0.2, 0.25) is 0 Å². The zero-order valence-electron chi connectivity index (χ0n) is 10.9. The van der Waals surface area contributed by atoms with Crippen molar-refractivity contribution in [2.24, 2.45) is 0 Å². The summed E-state index contributed by atoms with van der Waals surface area (Å²) in [6.45, 7) is 0.993. The molecule has 2 atom stereocenters. The molecule has 0 aliphatic carbocycles. The summed E-state index contributed by atoms with van der Waals surface area (Å²) in [5.74, 6) is -1.07. The Balaban J connectivity index is 2.46. The number of nitrogens with zero attached hydrogens (tertiary/aromatic N) is 1. The fourth-order valence-electron chi connectivity index (χ4n) is 2.14. The normalized spacial score (nSPS) is 23.3. The van der Waals surface area contributed by atoms with Gasteiger partial charge >= 0.3 is 5.97 Å². The summed E-state index contributed by atoms with van der Waals surface area (Å²) >= 11 is 0. The molecule has 0 saturated carbocycles. The molecule has 1 rings (SSSR count). The monoisotopic (exact) mass is 259 g/mol. The molecule has 0 aromatic rings. The number of ether oxygens (including phenoxy) is 2. The van der Waals surface area contributed by atoms with Gasteiger partial charge in [-0.15, -0.1) is 0 Å². The molecule has 1 aliphatic heterocycles. The molecule has 0 aromatic heterocycles. The lowest BCUT2D eigenvalue weighted by Crippen LogP contribution is -2.40. The molecule has 0 spiro atoms. The third-order valence-corrected chi connectivity index (χ3v) is 3.19. The van der Waals surface area contributed by atoms with Crippen LogP contribution in [0.4, 0.5) is 0 Å². The van der Waals surface area contributed by atoms with Crippen LogP contribution in [0.25, 0.3) is 0 Å². The molecule has 1 fully saturated rings. The highest BCUT2D eigenvalue weighted by Crippen LogP contribution is 2.21. The molecule has 0 radical (unpaired) electrons. The minimum Gasteiger partial charge on any atom is -0.480 e. The highest BCUT2D eigenvalue weighted by molar-refractivity contribution is 5.84. The van der Waals surface area contributed by atoms with Crippen molar-refractivity contribution < 1.29 is 24.2 Å². The Kier molecular flexibility index (Phi) is 6.07. The molecule has 0 bridgehead atoms. The van der Waals surface area contributed by atoms with E-state index in [9.17, 15) is 9.59 Å². The Hall–Kier alpha value is -1.14. The number of amides is 1. The van der Waals surface area contributed by atoms with E-state index in [1.807, 2.05) is 0 Å². The minimum atomic E-state index is -0.959. The van der Waals surface area contributed by atoms with Crippen LogP contribution in [0.1, 0.15) is 25.7 Å². The Morgan fingerprint density at radius 2 is 2.06 bits per heavy atom. The standard InChI is InChI=1S/C12H21NO5/c1-17-6-4-3-5-11(14)13-8-9(18-2)7-10(13)12(15)16/h9-10H,3-8H2,1-2H3,(H,15,16). The first-order valence-electron chi connectivity index (χ1n) is 6.14. The molecule has 1 N–H and O–H groups in total. The molecular weight excluding hydrogens is 238 g/mol. The number of hydrogen-bond acceptors (Lipinski definition) is 4. The maximum Gasteiger partial charge on any atom is 0.326 e. The summed E-state index contributed by atoms with van der Waals surface area (Å²) < 4.78 is 10.0. The second-order valence-electron chi connectivity index (χ2n) is 4.44. The van der Waals surface area contributed by atoms with Crippen LogP contribution in [0.15, 0.2) is 0 Å². The summed E-state index contributed by atoms with van der Waals surface area (Å²) in [6, 6.07) is -0.745. The van der Waals surface area contributed by atoms with Gasteiger partial charge in [-0.1, -0.05) is 0 Å². The molecule has 18 heavy (non-hydrogen) atoms. The van der Waals surface area contributed by atoms with Gasteiger partial charge in [0.15, 0.2) is 0 Å². The molecular formula is C12H21NO5. The van der Waals surface area contributed by atoms with E-state index in [2.05, 4.69) is 0 Å². The average Bonchev–Trinajstić information content (AvgIpc) is 2.78. The number of rotatable bonds is 7. The number of aliphatic carboxylic acids is 1. The second kappa shape index (κ2) is 7.33. The SMILES string of the molecule is COCCCCC(=O)N1CC(OC)CC1C(=O)O. The second-order valence-corrected chi connectivity index (χ2v) is 4.44. The van der Waals surface area contributed by atoms with Crippen LogP contribution < -0.4 is 0 Å². The van der Waals surface area contributed by atoms with E-state index in [1.165, 1.54) is 12.0 Å². The Labute approximate surface area is 107 Å². The van der Waals surface area contributed by atoms with Crippen LogP contribution in [-0.4, -0.2) is 61.4 Å². The number of methoxy groups -OCH3 is 2. The molecule has 6 heteroatoms. The van der Waals surface area contributed by atoms with Gasteiger partial charge in [0.25, 0.3) is 0 Å². The molecule has 1 aliphatic rings. The van der Waals surface area contributed by atoms with Gasteiger partial charge in [0.2, 0.25) is 5.91 Å². The van der Waals surface area contributed by atoms with E-state index in [0.29, 0.717) is 32.4 Å². The Morgan fingerprint density at radius 3 is 2.61 bits per heavy atom. The Bertz CT molecular complexity index is 294. The number of carboxylic acids is 1. The first-order chi connectivity index (χ1) is 8.60. The summed E-state index contributed by atoms with van der Waals surface area (Å²) in [7, 11) is 3.15. The lowest BCUT2D eigenvalue weighted by atomic mass is 10.2. The molecule has 0 aromatic carbocycles. The van der Waals surface area contributed by atoms with E-state index in [1.54, 1.807) is 7.11 Å². The lowest BCUT2D eigenvalue weighted by Gasteiger charge is -2.21. The van der Waals surface area contributed by atoms with Gasteiger partial charge in [0, 0.05) is 40.2 Å². The van der Waals surface area contributed by atoms with Crippen LogP contribution in [-0.2, 0) is 19.1 Å². The molecule has 104 valence electrons. The van der Waals surface area contributed by atoms with Crippen LogP contribution in [0.3, 0.4) is 0 Å². The van der Waals surface area contributed by atoms with Crippen molar-refractivity contribution in [3.05, 3.63) is 0 Å². The highest BCUT2D eigenvalue weighted by atomic mass is 16.5. The van der Waals surface area contributed by atoms with Crippen LogP contribution in [0, 0.1) is 0 Å². The number of carbonyl (C=O) groups excluding carboxylic acids is 1. The third-order valence-electron chi connectivity index (χ3n) is 3.19. The maximum atomic E-state index is 12.0. The topological polar surface area (TPSA) is 76.1 Å². The quantitative estimate of drug-likeness (QED) is 0.674. The molecule has 1 amide bonds. The number of likely N-dealkylation sites (tertiary alicyclic amines) is 1. The van der Waals surface area contributed by atoms with Gasteiger partial charge in [-0.3, -0.25) is 4.79 Å². The van der Waals surface area contributed by atoms with Crippen molar-refractivity contribution in [2.75, 3.05) is 27.4 Å². The predicted octanol–water partition coefficient (Wildman–Crippen LogP) is 0.504. The first kappa shape index (κ1) is 14.9. The van der Waals surface area contributed by atoms with Crippen molar-refractivity contribution in [1.82, 2.24) is 4.90 Å². The van der Waals surface area contributed by atoms with Crippen molar-refractivity contribution in [1.29, 1.82) is 0 Å². The largest absolute Gasteiger partial charge is 0.480 e. The minimum absolute atomic E-state index is 0.113. The van der Waals surface area contributed by atoms with Crippen molar-refractivity contribution in [3.8, 4) is 0 Å². The number of unbranched alkanes of at least 4 members (excludes halogenated alkanes) is 1. The van der Waals surface area contributed by atoms with E-state index >= 15 is 0 Å². The van der Waals surface area contributed by atoms with E-state index in [4.69, 9.17) is 14.6 Å². The van der Waals surface area contributed by atoms with E-state index in [-0.39, 0.29) is 12.0 Å². The van der Waals surface area contributed by atoms with Gasteiger partial charge in [0.1, 0.15) is 6.04 Å².